The van der Waals surface area contributed by atoms with Gasteiger partial charge < -0.3 is 14.2 Å². The molecule has 1 aliphatic rings. The molecule has 8 heteroatoms. The molecule has 1 aromatic heterocycles. The van der Waals surface area contributed by atoms with Gasteiger partial charge in [-0.1, -0.05) is 35.3 Å². The van der Waals surface area contributed by atoms with E-state index in [9.17, 15) is 5.26 Å². The summed E-state index contributed by atoms with van der Waals surface area (Å²) in [6, 6.07) is 13.8. The maximum Gasteiger partial charge on any atom is 0.258 e. The third kappa shape index (κ3) is 6.57. The average molecular weight is 466 g/mol. The summed E-state index contributed by atoms with van der Waals surface area (Å²) in [6.07, 6.45) is 3.33. The summed E-state index contributed by atoms with van der Waals surface area (Å²) in [7, 11) is 4.08. The van der Waals surface area contributed by atoms with E-state index in [1.165, 1.54) is 29.5 Å². The molecule has 174 valence electrons. The van der Waals surface area contributed by atoms with Gasteiger partial charge in [0.25, 0.3) is 5.89 Å². The third-order valence-corrected chi connectivity index (χ3v) is 5.60. The summed E-state index contributed by atoms with van der Waals surface area (Å²) in [5, 5.41) is 18.7. The van der Waals surface area contributed by atoms with E-state index in [0.29, 0.717) is 28.6 Å². The number of fused-ring (bicyclic) bond motifs is 1. The number of rotatable bonds is 7. The van der Waals surface area contributed by atoms with Crippen molar-refractivity contribution >= 4 is 11.9 Å². The highest BCUT2D eigenvalue weighted by Crippen LogP contribution is 2.32. The Hall–Kier alpha value is -2.86. The minimum atomic E-state index is 0.00290. The van der Waals surface area contributed by atoms with Crippen molar-refractivity contribution in [3.8, 4) is 34.7 Å². The Balaban J connectivity index is 0.000000383. The average Bonchev–Trinajstić information content (AvgIpc) is 3.47. The molecule has 2 aromatic carbocycles. The van der Waals surface area contributed by atoms with Gasteiger partial charge in [0, 0.05) is 23.4 Å². The standard InChI is InChI=1S/C21H19N3O2.C4H12N2S/c1-13(2)25-19-10-9-15(11-16(19)12-22)21-23-20(24-26-21)18-8-4-6-14-5-3-7-17(14)18;1-6(2)3-4-7-5/h4,6,8-11,13H,3,5,7H2,1-2H3;3-5H2,1-2H3. The molecule has 1 aliphatic carbocycles. The number of aromatic nitrogens is 2. The van der Waals surface area contributed by atoms with E-state index in [2.05, 4.69) is 27.2 Å². The number of benzene rings is 2. The van der Waals surface area contributed by atoms with Gasteiger partial charge in [0.2, 0.25) is 5.82 Å². The smallest absolute Gasteiger partial charge is 0.258 e. The van der Waals surface area contributed by atoms with Gasteiger partial charge in [0.15, 0.2) is 0 Å². The van der Waals surface area contributed by atoms with Crippen molar-refractivity contribution in [3.63, 3.8) is 0 Å². The Kier molecular flexibility index (Phi) is 8.89. The minimum Gasteiger partial charge on any atom is -0.490 e. The highest BCUT2D eigenvalue weighted by atomic mass is 32.2. The van der Waals surface area contributed by atoms with Gasteiger partial charge in [-0.05, 0) is 76.5 Å². The molecule has 0 saturated carbocycles. The Morgan fingerprint density at radius 1 is 1.24 bits per heavy atom. The molecule has 0 saturated heterocycles. The minimum absolute atomic E-state index is 0.00290. The summed E-state index contributed by atoms with van der Waals surface area (Å²) in [5.41, 5.74) is 4.89. The number of hydrogen-bond acceptors (Lipinski definition) is 8. The second kappa shape index (κ2) is 11.8. The highest BCUT2D eigenvalue weighted by molar-refractivity contribution is 7.97. The van der Waals surface area contributed by atoms with Gasteiger partial charge in [-0.2, -0.15) is 10.2 Å². The van der Waals surface area contributed by atoms with E-state index in [-0.39, 0.29) is 6.10 Å². The Bertz CT molecular complexity index is 1100. The van der Waals surface area contributed by atoms with Gasteiger partial charge in [-0.25, -0.2) is 0 Å². The zero-order valence-electron chi connectivity index (χ0n) is 19.7. The van der Waals surface area contributed by atoms with Crippen LogP contribution in [0.25, 0.3) is 22.8 Å². The first-order valence-corrected chi connectivity index (χ1v) is 12.1. The van der Waals surface area contributed by atoms with Crippen molar-refractivity contribution in [1.29, 1.82) is 5.26 Å². The lowest BCUT2D eigenvalue weighted by molar-refractivity contribution is 0.241. The number of nitrogens with two attached hydrogens (primary N) is 1. The molecular formula is C25H31N5O2S. The van der Waals surface area contributed by atoms with Crippen LogP contribution in [0.1, 0.15) is 37.0 Å². The Morgan fingerprint density at radius 3 is 2.73 bits per heavy atom. The predicted octanol–water partition coefficient (Wildman–Crippen LogP) is 4.71. The molecule has 4 rings (SSSR count). The van der Waals surface area contributed by atoms with Gasteiger partial charge >= 0.3 is 0 Å². The number of aryl methyl sites for hydroxylation is 1. The summed E-state index contributed by atoms with van der Waals surface area (Å²) >= 11 is 1.39. The van der Waals surface area contributed by atoms with E-state index in [4.69, 9.17) is 14.4 Å². The third-order valence-electron chi connectivity index (χ3n) is 5.18. The van der Waals surface area contributed by atoms with Gasteiger partial charge in [-0.15, -0.1) is 0 Å². The zero-order chi connectivity index (χ0) is 23.8. The fraction of sp³-hybridized carbons (Fsp3) is 0.400. The molecule has 0 amide bonds. The molecule has 33 heavy (non-hydrogen) atoms. The fourth-order valence-electron chi connectivity index (χ4n) is 3.62. The molecular weight excluding hydrogens is 434 g/mol. The molecule has 1 heterocycles. The fourth-order valence-corrected chi connectivity index (χ4v) is 4.09. The van der Waals surface area contributed by atoms with Crippen molar-refractivity contribution in [2.24, 2.45) is 5.14 Å². The Morgan fingerprint density at radius 2 is 2.06 bits per heavy atom. The van der Waals surface area contributed by atoms with E-state index in [1.54, 1.807) is 12.1 Å². The van der Waals surface area contributed by atoms with Gasteiger partial charge in [0.1, 0.15) is 11.8 Å². The molecule has 2 N–H and O–H groups in total. The van der Waals surface area contributed by atoms with E-state index in [1.807, 2.05) is 46.1 Å². The van der Waals surface area contributed by atoms with Crippen LogP contribution in [-0.4, -0.2) is 47.5 Å². The maximum absolute atomic E-state index is 9.40. The van der Waals surface area contributed by atoms with Crippen LogP contribution in [0.5, 0.6) is 5.75 Å². The second-order valence-electron chi connectivity index (χ2n) is 8.38. The zero-order valence-corrected chi connectivity index (χ0v) is 20.5. The predicted molar refractivity (Wildman–Crippen MR) is 133 cm³/mol. The lowest BCUT2D eigenvalue weighted by Crippen LogP contribution is -2.15. The van der Waals surface area contributed by atoms with Crippen molar-refractivity contribution in [2.45, 2.75) is 39.2 Å². The van der Waals surface area contributed by atoms with Crippen LogP contribution in [0.2, 0.25) is 0 Å². The Labute approximate surface area is 200 Å². The maximum atomic E-state index is 9.40. The lowest BCUT2D eigenvalue weighted by Gasteiger charge is -2.11. The van der Waals surface area contributed by atoms with E-state index >= 15 is 0 Å². The normalized spacial score (nSPS) is 12.3. The van der Waals surface area contributed by atoms with Crippen LogP contribution < -0.4 is 9.88 Å². The van der Waals surface area contributed by atoms with Crippen LogP contribution in [0.3, 0.4) is 0 Å². The number of ether oxygens (including phenoxy) is 1. The molecule has 0 spiro atoms. The summed E-state index contributed by atoms with van der Waals surface area (Å²) in [6.45, 7) is 4.93. The monoisotopic (exact) mass is 465 g/mol. The lowest BCUT2D eigenvalue weighted by atomic mass is 10.0. The molecule has 0 aliphatic heterocycles. The van der Waals surface area contributed by atoms with Crippen LogP contribution in [0.15, 0.2) is 40.9 Å². The van der Waals surface area contributed by atoms with E-state index in [0.717, 1.165) is 30.7 Å². The SMILES string of the molecule is CC(C)Oc1ccc(-c2nc(-c3cccc4c3CCC4)no2)cc1C#N.CN(C)CCSN. The highest BCUT2D eigenvalue weighted by Gasteiger charge is 2.20. The van der Waals surface area contributed by atoms with Crippen molar-refractivity contribution < 1.29 is 9.26 Å². The van der Waals surface area contributed by atoms with Crippen molar-refractivity contribution in [2.75, 3.05) is 26.4 Å². The molecule has 0 unspecified atom stereocenters. The largest absolute Gasteiger partial charge is 0.490 e. The second-order valence-corrected chi connectivity index (χ2v) is 9.12. The van der Waals surface area contributed by atoms with Crippen LogP contribution in [-0.2, 0) is 12.8 Å². The molecule has 0 fully saturated rings. The van der Waals surface area contributed by atoms with Crippen LogP contribution in [0.4, 0.5) is 0 Å². The number of nitriles is 1. The summed E-state index contributed by atoms with van der Waals surface area (Å²) in [4.78, 5) is 6.68. The van der Waals surface area contributed by atoms with Crippen molar-refractivity contribution in [1.82, 2.24) is 15.0 Å². The van der Waals surface area contributed by atoms with Gasteiger partial charge in [-0.3, -0.25) is 5.14 Å². The topological polar surface area (TPSA) is 101 Å². The number of nitrogens with zero attached hydrogens (tertiary/aromatic N) is 4. The molecule has 7 nitrogen and oxygen atoms in total. The molecule has 0 bridgehead atoms. The van der Waals surface area contributed by atoms with Crippen LogP contribution in [0, 0.1) is 11.3 Å². The van der Waals surface area contributed by atoms with Crippen LogP contribution >= 0.6 is 11.9 Å². The van der Waals surface area contributed by atoms with Crippen molar-refractivity contribution in [3.05, 3.63) is 53.1 Å². The first-order valence-electron chi connectivity index (χ1n) is 11.0. The van der Waals surface area contributed by atoms with E-state index < -0.39 is 0 Å². The number of hydrogen-bond donors (Lipinski definition) is 1. The molecule has 3 aromatic rings. The first-order chi connectivity index (χ1) is 15.9. The summed E-state index contributed by atoms with van der Waals surface area (Å²) < 4.78 is 11.1. The molecule has 0 atom stereocenters. The summed E-state index contributed by atoms with van der Waals surface area (Å²) in [5.74, 6) is 2.59. The first kappa shape index (κ1) is 24.8. The molecule has 0 radical (unpaired) electrons. The van der Waals surface area contributed by atoms with Gasteiger partial charge in [0.05, 0.1) is 11.7 Å². The quantitative estimate of drug-likeness (QED) is 0.501.